The number of hydrogen-bond donors (Lipinski definition) is 2. The minimum absolute atomic E-state index is 0.472. The van der Waals surface area contributed by atoms with Gasteiger partial charge in [-0.15, -0.1) is 0 Å². The van der Waals surface area contributed by atoms with Crippen LogP contribution in [0.2, 0.25) is 0 Å². The third-order valence-electron chi connectivity index (χ3n) is 1.06. The summed E-state index contributed by atoms with van der Waals surface area (Å²) in [6.45, 7) is 1.93. The first-order chi connectivity index (χ1) is 5.18. The highest BCUT2D eigenvalue weighted by atomic mass is 32.2. The summed E-state index contributed by atoms with van der Waals surface area (Å²) >= 11 is 1.52. The first kappa shape index (κ1) is 10.5. The van der Waals surface area contributed by atoms with E-state index in [1.807, 2.05) is 19.1 Å². The Morgan fingerprint density at radius 1 is 1.82 bits per heavy atom. The van der Waals surface area contributed by atoms with E-state index in [0.29, 0.717) is 5.75 Å². The molecule has 0 bridgehead atoms. The largest absolute Gasteiger partial charge is 0.480 e. The third kappa shape index (κ3) is 5.94. The van der Waals surface area contributed by atoms with Crippen molar-refractivity contribution in [1.29, 1.82) is 0 Å². The lowest BCUT2D eigenvalue weighted by Gasteiger charge is -2.02. The highest BCUT2D eigenvalue weighted by Gasteiger charge is 2.09. The van der Waals surface area contributed by atoms with Crippen LogP contribution in [-0.4, -0.2) is 28.6 Å². The number of carboxylic acid groups (broad SMARTS) is 1. The number of hydrogen-bond acceptors (Lipinski definition) is 3. The van der Waals surface area contributed by atoms with E-state index in [-0.39, 0.29) is 0 Å². The monoisotopic (exact) mass is 175 g/mol. The van der Waals surface area contributed by atoms with E-state index >= 15 is 0 Å². The fourth-order valence-corrected chi connectivity index (χ4v) is 1.29. The molecular weight excluding hydrogens is 162 g/mol. The lowest BCUT2D eigenvalue weighted by Crippen LogP contribution is -2.32. The molecule has 0 aliphatic heterocycles. The van der Waals surface area contributed by atoms with Crippen LogP contribution in [0.25, 0.3) is 0 Å². The molecule has 0 saturated heterocycles. The van der Waals surface area contributed by atoms with Gasteiger partial charge in [-0.25, -0.2) is 0 Å². The van der Waals surface area contributed by atoms with Gasteiger partial charge in [-0.3, -0.25) is 4.79 Å². The Labute approximate surface area is 70.7 Å². The molecule has 3 nitrogen and oxygen atoms in total. The van der Waals surface area contributed by atoms with E-state index in [1.165, 1.54) is 11.8 Å². The molecular formula is C7H13NO2S. The van der Waals surface area contributed by atoms with Crippen molar-refractivity contribution in [3.8, 4) is 0 Å². The van der Waals surface area contributed by atoms with Gasteiger partial charge < -0.3 is 10.8 Å². The Bertz CT molecular complexity index is 147. The summed E-state index contributed by atoms with van der Waals surface area (Å²) < 4.78 is 0. The van der Waals surface area contributed by atoms with Crippen molar-refractivity contribution in [2.75, 3.05) is 11.5 Å². The lowest BCUT2D eigenvalue weighted by atomic mass is 10.4. The average Bonchev–Trinajstić information content (AvgIpc) is 1.97. The molecule has 0 saturated carbocycles. The van der Waals surface area contributed by atoms with Gasteiger partial charge in [0.05, 0.1) is 0 Å². The molecule has 0 heterocycles. The van der Waals surface area contributed by atoms with Crippen molar-refractivity contribution in [3.05, 3.63) is 12.2 Å². The molecule has 0 aromatic heterocycles. The number of carbonyl (C=O) groups is 1. The minimum atomic E-state index is -0.932. The SMILES string of the molecule is C/C=C/CSCC(N)C(=O)O. The number of aliphatic carboxylic acids is 1. The zero-order valence-corrected chi connectivity index (χ0v) is 7.30. The van der Waals surface area contributed by atoms with E-state index in [2.05, 4.69) is 0 Å². The summed E-state index contributed by atoms with van der Waals surface area (Å²) in [6.07, 6.45) is 3.90. The van der Waals surface area contributed by atoms with Gasteiger partial charge in [0.15, 0.2) is 0 Å². The van der Waals surface area contributed by atoms with Crippen molar-refractivity contribution >= 4 is 17.7 Å². The van der Waals surface area contributed by atoms with Gasteiger partial charge in [0.25, 0.3) is 0 Å². The van der Waals surface area contributed by atoms with Crippen LogP contribution in [0.4, 0.5) is 0 Å². The van der Waals surface area contributed by atoms with Crippen LogP contribution in [0.5, 0.6) is 0 Å². The fraction of sp³-hybridized carbons (Fsp3) is 0.571. The molecule has 1 unspecified atom stereocenters. The summed E-state index contributed by atoms with van der Waals surface area (Å²) in [5, 5.41) is 8.38. The average molecular weight is 175 g/mol. The zero-order valence-electron chi connectivity index (χ0n) is 6.49. The van der Waals surface area contributed by atoms with Crippen LogP contribution in [0.3, 0.4) is 0 Å². The first-order valence-electron chi connectivity index (χ1n) is 3.35. The Kier molecular flexibility index (Phi) is 5.97. The molecule has 0 amide bonds. The van der Waals surface area contributed by atoms with Gasteiger partial charge >= 0.3 is 5.97 Å². The molecule has 11 heavy (non-hydrogen) atoms. The van der Waals surface area contributed by atoms with Crippen molar-refractivity contribution in [1.82, 2.24) is 0 Å². The minimum Gasteiger partial charge on any atom is -0.480 e. The number of rotatable bonds is 5. The van der Waals surface area contributed by atoms with Crippen LogP contribution in [0, 0.1) is 0 Å². The van der Waals surface area contributed by atoms with Crippen LogP contribution >= 0.6 is 11.8 Å². The second kappa shape index (κ2) is 6.24. The molecule has 0 radical (unpaired) electrons. The van der Waals surface area contributed by atoms with Crippen molar-refractivity contribution in [2.24, 2.45) is 5.73 Å². The summed E-state index contributed by atoms with van der Waals surface area (Å²) in [5.74, 6) is 0.370. The molecule has 0 aliphatic carbocycles. The molecule has 0 fully saturated rings. The van der Waals surface area contributed by atoms with Gasteiger partial charge in [-0.1, -0.05) is 12.2 Å². The topological polar surface area (TPSA) is 63.3 Å². The van der Waals surface area contributed by atoms with Crippen LogP contribution in [0.15, 0.2) is 12.2 Å². The lowest BCUT2D eigenvalue weighted by molar-refractivity contribution is -0.137. The van der Waals surface area contributed by atoms with Gasteiger partial charge in [-0.05, 0) is 6.92 Å². The predicted molar refractivity (Wildman–Crippen MR) is 47.8 cm³/mol. The van der Waals surface area contributed by atoms with E-state index in [0.717, 1.165) is 5.75 Å². The quantitative estimate of drug-likeness (QED) is 0.477. The van der Waals surface area contributed by atoms with E-state index < -0.39 is 12.0 Å². The summed E-state index contributed by atoms with van der Waals surface area (Å²) in [5.41, 5.74) is 5.25. The molecule has 0 spiro atoms. The second-order valence-electron chi connectivity index (χ2n) is 2.05. The third-order valence-corrected chi connectivity index (χ3v) is 2.09. The highest BCUT2D eigenvalue weighted by Crippen LogP contribution is 2.01. The van der Waals surface area contributed by atoms with E-state index in [9.17, 15) is 4.79 Å². The maximum absolute atomic E-state index is 10.2. The Hall–Kier alpha value is -0.480. The summed E-state index contributed by atoms with van der Waals surface area (Å²) in [4.78, 5) is 10.2. The molecule has 64 valence electrons. The van der Waals surface area contributed by atoms with Gasteiger partial charge in [0.1, 0.15) is 6.04 Å². The molecule has 3 N–H and O–H groups in total. The number of thioether (sulfide) groups is 1. The van der Waals surface area contributed by atoms with E-state index in [1.54, 1.807) is 0 Å². The fourth-order valence-electron chi connectivity index (χ4n) is 0.431. The maximum Gasteiger partial charge on any atom is 0.321 e. The molecule has 0 rings (SSSR count). The van der Waals surface area contributed by atoms with Crippen molar-refractivity contribution < 1.29 is 9.90 Å². The Balaban J connectivity index is 3.31. The van der Waals surface area contributed by atoms with E-state index in [4.69, 9.17) is 10.8 Å². The number of carboxylic acids is 1. The van der Waals surface area contributed by atoms with Crippen LogP contribution in [-0.2, 0) is 4.79 Å². The normalized spacial score (nSPS) is 13.6. The van der Waals surface area contributed by atoms with Gasteiger partial charge in [0.2, 0.25) is 0 Å². The molecule has 1 atom stereocenters. The summed E-state index contributed by atoms with van der Waals surface area (Å²) in [6, 6.07) is -0.731. The predicted octanol–water partition coefficient (Wildman–Crippen LogP) is 0.708. The number of nitrogens with two attached hydrogens (primary N) is 1. The maximum atomic E-state index is 10.2. The first-order valence-corrected chi connectivity index (χ1v) is 4.51. The Morgan fingerprint density at radius 3 is 2.91 bits per heavy atom. The highest BCUT2D eigenvalue weighted by molar-refractivity contribution is 7.99. The van der Waals surface area contributed by atoms with Gasteiger partial charge in [0, 0.05) is 11.5 Å². The van der Waals surface area contributed by atoms with Crippen LogP contribution < -0.4 is 5.73 Å². The van der Waals surface area contributed by atoms with Crippen LogP contribution in [0.1, 0.15) is 6.92 Å². The van der Waals surface area contributed by atoms with Gasteiger partial charge in [-0.2, -0.15) is 11.8 Å². The Morgan fingerprint density at radius 2 is 2.45 bits per heavy atom. The molecule has 0 aliphatic rings. The molecule has 0 aromatic carbocycles. The van der Waals surface area contributed by atoms with Crippen molar-refractivity contribution in [2.45, 2.75) is 13.0 Å². The zero-order chi connectivity index (χ0) is 8.69. The molecule has 4 heteroatoms. The number of allylic oxidation sites excluding steroid dienone is 1. The standard InChI is InChI=1S/C7H13NO2S/c1-2-3-4-11-5-6(8)7(9)10/h2-3,6H,4-5,8H2,1H3,(H,9,10)/b3-2+. The summed E-state index contributed by atoms with van der Waals surface area (Å²) in [7, 11) is 0. The van der Waals surface area contributed by atoms with Crippen molar-refractivity contribution in [3.63, 3.8) is 0 Å². The molecule has 0 aromatic rings. The smallest absolute Gasteiger partial charge is 0.321 e. The second-order valence-corrected chi connectivity index (χ2v) is 3.13.